The van der Waals surface area contributed by atoms with Crippen LogP contribution in [0.5, 0.6) is 5.75 Å². The van der Waals surface area contributed by atoms with Crippen molar-refractivity contribution in [3.63, 3.8) is 0 Å². The monoisotopic (exact) mass is 421 g/mol. The number of ether oxygens (including phenoxy) is 1. The SMILES string of the molecule is CCCCOc1ccc(-c2cc(C(=O)Nc3ccccc3SCCC#N)no2)cc1. The van der Waals surface area contributed by atoms with E-state index >= 15 is 0 Å². The third kappa shape index (κ3) is 5.88. The normalized spacial score (nSPS) is 10.4. The first-order valence-electron chi connectivity index (χ1n) is 9.81. The lowest BCUT2D eigenvalue weighted by molar-refractivity contribution is 0.101. The number of carbonyl (C=O) groups excluding carboxylic acids is 1. The molecular weight excluding hydrogens is 398 g/mol. The van der Waals surface area contributed by atoms with E-state index in [0.29, 0.717) is 30.2 Å². The number of amides is 1. The molecule has 3 rings (SSSR count). The third-order valence-corrected chi connectivity index (χ3v) is 5.33. The van der Waals surface area contributed by atoms with Crippen LogP contribution >= 0.6 is 11.8 Å². The van der Waals surface area contributed by atoms with Gasteiger partial charge in [-0.3, -0.25) is 4.79 Å². The Bertz CT molecular complexity index is 1010. The quantitative estimate of drug-likeness (QED) is 0.330. The number of benzene rings is 2. The standard InChI is InChI=1S/C23H23N3O3S/c1-2-3-14-28-18-11-9-17(10-12-18)21-16-20(26-29-21)23(27)25-19-7-4-5-8-22(19)30-15-6-13-24/h4-5,7-12,16H,2-3,6,14-15H2,1H3,(H,25,27). The molecule has 154 valence electrons. The average Bonchev–Trinajstić information content (AvgIpc) is 3.26. The number of hydrogen-bond acceptors (Lipinski definition) is 6. The van der Waals surface area contributed by atoms with Gasteiger partial charge in [0.05, 0.1) is 18.4 Å². The van der Waals surface area contributed by atoms with E-state index in [4.69, 9.17) is 14.5 Å². The molecule has 6 nitrogen and oxygen atoms in total. The number of nitrogens with one attached hydrogen (secondary N) is 1. The molecule has 0 aliphatic carbocycles. The Labute approximate surface area is 180 Å². The molecule has 0 spiro atoms. The van der Waals surface area contributed by atoms with E-state index in [2.05, 4.69) is 23.5 Å². The Morgan fingerprint density at radius 1 is 1.23 bits per heavy atom. The largest absolute Gasteiger partial charge is 0.494 e. The Morgan fingerprint density at radius 3 is 2.80 bits per heavy atom. The maximum absolute atomic E-state index is 12.6. The van der Waals surface area contributed by atoms with Crippen LogP contribution in [0.25, 0.3) is 11.3 Å². The number of carbonyl (C=O) groups is 1. The number of rotatable bonds is 10. The molecule has 1 amide bonds. The van der Waals surface area contributed by atoms with E-state index in [1.54, 1.807) is 6.07 Å². The van der Waals surface area contributed by atoms with Crippen LogP contribution in [0.4, 0.5) is 5.69 Å². The number of nitrogens with zero attached hydrogens (tertiary/aromatic N) is 2. The first-order valence-corrected chi connectivity index (χ1v) is 10.8. The van der Waals surface area contributed by atoms with Crippen molar-refractivity contribution in [2.24, 2.45) is 0 Å². The topological polar surface area (TPSA) is 88.1 Å². The van der Waals surface area contributed by atoms with Crippen LogP contribution < -0.4 is 10.1 Å². The number of anilines is 1. The van der Waals surface area contributed by atoms with Crippen molar-refractivity contribution in [1.29, 1.82) is 5.26 Å². The van der Waals surface area contributed by atoms with Gasteiger partial charge in [0.2, 0.25) is 0 Å². The molecule has 0 bridgehead atoms. The van der Waals surface area contributed by atoms with Gasteiger partial charge in [0.15, 0.2) is 11.5 Å². The minimum Gasteiger partial charge on any atom is -0.494 e. The Morgan fingerprint density at radius 2 is 2.03 bits per heavy atom. The summed E-state index contributed by atoms with van der Waals surface area (Å²) in [7, 11) is 0. The van der Waals surface area contributed by atoms with Crippen molar-refractivity contribution < 1.29 is 14.1 Å². The van der Waals surface area contributed by atoms with Crippen molar-refractivity contribution in [3.8, 4) is 23.1 Å². The molecule has 0 aliphatic heterocycles. The molecule has 0 fully saturated rings. The smallest absolute Gasteiger partial charge is 0.277 e. The summed E-state index contributed by atoms with van der Waals surface area (Å²) in [5.41, 5.74) is 1.70. The Balaban J connectivity index is 1.65. The zero-order valence-corrected chi connectivity index (χ0v) is 17.6. The molecular formula is C23H23N3O3S. The second-order valence-corrected chi connectivity index (χ2v) is 7.65. The summed E-state index contributed by atoms with van der Waals surface area (Å²) in [6, 6.07) is 18.7. The van der Waals surface area contributed by atoms with Gasteiger partial charge in [-0.2, -0.15) is 5.26 Å². The summed E-state index contributed by atoms with van der Waals surface area (Å²) in [6.45, 7) is 2.81. The molecule has 0 radical (unpaired) electrons. The van der Waals surface area contributed by atoms with Crippen LogP contribution in [0.2, 0.25) is 0 Å². The zero-order valence-electron chi connectivity index (χ0n) is 16.8. The van der Waals surface area contributed by atoms with E-state index < -0.39 is 0 Å². The van der Waals surface area contributed by atoms with Crippen LogP contribution in [-0.2, 0) is 0 Å². The molecule has 0 atom stereocenters. The molecule has 0 unspecified atom stereocenters. The Hall–Kier alpha value is -3.24. The highest BCUT2D eigenvalue weighted by Gasteiger charge is 2.15. The minimum atomic E-state index is -0.349. The van der Waals surface area contributed by atoms with Crippen molar-refractivity contribution in [1.82, 2.24) is 5.16 Å². The average molecular weight is 422 g/mol. The fraction of sp³-hybridized carbons (Fsp3) is 0.261. The fourth-order valence-corrected chi connectivity index (χ4v) is 3.52. The van der Waals surface area contributed by atoms with Crippen molar-refractivity contribution in [3.05, 3.63) is 60.3 Å². The van der Waals surface area contributed by atoms with Gasteiger partial charge in [-0.1, -0.05) is 30.6 Å². The maximum atomic E-state index is 12.6. The summed E-state index contributed by atoms with van der Waals surface area (Å²) in [6.07, 6.45) is 2.55. The minimum absolute atomic E-state index is 0.199. The predicted octanol–water partition coefficient (Wildman–Crippen LogP) is 5.78. The van der Waals surface area contributed by atoms with Gasteiger partial charge in [-0.05, 0) is 42.8 Å². The number of nitriles is 1. The molecule has 1 heterocycles. The molecule has 0 saturated heterocycles. The second-order valence-electron chi connectivity index (χ2n) is 6.51. The van der Waals surface area contributed by atoms with Gasteiger partial charge in [0.1, 0.15) is 5.75 Å². The van der Waals surface area contributed by atoms with E-state index in [9.17, 15) is 4.79 Å². The lowest BCUT2D eigenvalue weighted by Crippen LogP contribution is -2.12. The van der Waals surface area contributed by atoms with E-state index in [1.807, 2.05) is 48.5 Å². The maximum Gasteiger partial charge on any atom is 0.277 e. The first kappa shape index (κ1) is 21.5. The summed E-state index contributed by atoms with van der Waals surface area (Å²) in [4.78, 5) is 13.5. The highest BCUT2D eigenvalue weighted by Crippen LogP contribution is 2.28. The number of hydrogen-bond donors (Lipinski definition) is 1. The van der Waals surface area contributed by atoms with Gasteiger partial charge in [-0.15, -0.1) is 11.8 Å². The van der Waals surface area contributed by atoms with Gasteiger partial charge >= 0.3 is 0 Å². The predicted molar refractivity (Wildman–Crippen MR) is 118 cm³/mol. The van der Waals surface area contributed by atoms with Gasteiger partial charge < -0.3 is 14.6 Å². The van der Waals surface area contributed by atoms with Gasteiger partial charge in [0, 0.05) is 28.7 Å². The number of aromatic nitrogens is 1. The van der Waals surface area contributed by atoms with Crippen LogP contribution in [-0.4, -0.2) is 23.4 Å². The fourth-order valence-electron chi connectivity index (χ4n) is 2.66. The summed E-state index contributed by atoms with van der Waals surface area (Å²) < 4.78 is 11.0. The van der Waals surface area contributed by atoms with E-state index in [0.717, 1.165) is 29.1 Å². The summed E-state index contributed by atoms with van der Waals surface area (Å²) in [5.74, 6) is 1.63. The highest BCUT2D eigenvalue weighted by atomic mass is 32.2. The lowest BCUT2D eigenvalue weighted by atomic mass is 10.1. The number of para-hydroxylation sites is 1. The molecule has 1 N–H and O–H groups in total. The third-order valence-electron chi connectivity index (χ3n) is 4.25. The van der Waals surface area contributed by atoms with Crippen LogP contribution in [0.1, 0.15) is 36.7 Å². The molecule has 7 heteroatoms. The van der Waals surface area contributed by atoms with Gasteiger partial charge in [0.25, 0.3) is 5.91 Å². The molecule has 3 aromatic rings. The van der Waals surface area contributed by atoms with Crippen molar-refractivity contribution in [2.75, 3.05) is 17.7 Å². The molecule has 2 aromatic carbocycles. The summed E-state index contributed by atoms with van der Waals surface area (Å²) >= 11 is 1.53. The Kier molecular flexibility index (Phi) is 7.93. The van der Waals surface area contributed by atoms with Crippen LogP contribution in [0.15, 0.2) is 64.0 Å². The molecule has 30 heavy (non-hydrogen) atoms. The second kappa shape index (κ2) is 11.1. The molecule has 1 aromatic heterocycles. The number of unbranched alkanes of at least 4 members (excludes halogenated alkanes) is 1. The van der Waals surface area contributed by atoms with Crippen molar-refractivity contribution in [2.45, 2.75) is 31.1 Å². The van der Waals surface area contributed by atoms with Crippen LogP contribution in [0.3, 0.4) is 0 Å². The van der Waals surface area contributed by atoms with E-state index in [1.165, 1.54) is 11.8 Å². The zero-order chi connectivity index (χ0) is 21.2. The van der Waals surface area contributed by atoms with Crippen LogP contribution in [0, 0.1) is 11.3 Å². The summed E-state index contributed by atoms with van der Waals surface area (Å²) in [5, 5.41) is 15.5. The highest BCUT2D eigenvalue weighted by molar-refractivity contribution is 7.99. The van der Waals surface area contributed by atoms with Crippen molar-refractivity contribution >= 4 is 23.4 Å². The molecule has 0 saturated carbocycles. The number of thioether (sulfide) groups is 1. The lowest BCUT2D eigenvalue weighted by Gasteiger charge is -2.08. The molecule has 0 aliphatic rings. The first-order chi connectivity index (χ1) is 14.7. The van der Waals surface area contributed by atoms with Gasteiger partial charge in [-0.25, -0.2) is 0 Å². The van der Waals surface area contributed by atoms with E-state index in [-0.39, 0.29) is 11.6 Å².